The van der Waals surface area contributed by atoms with Gasteiger partial charge >= 0.3 is 0 Å². The van der Waals surface area contributed by atoms with Crippen LogP contribution in [0.25, 0.3) is 0 Å². The van der Waals surface area contributed by atoms with Gasteiger partial charge in [0, 0.05) is 38.3 Å². The van der Waals surface area contributed by atoms with Gasteiger partial charge in [-0.1, -0.05) is 12.1 Å². The first kappa shape index (κ1) is 14.4. The summed E-state index contributed by atoms with van der Waals surface area (Å²) in [7, 11) is 2.20. The van der Waals surface area contributed by atoms with Crippen LogP contribution in [0.15, 0.2) is 22.7 Å². The number of likely N-dealkylation sites (N-methyl/N-ethyl adjacent to an activating group) is 1. The van der Waals surface area contributed by atoms with Gasteiger partial charge in [0.1, 0.15) is 5.75 Å². The lowest BCUT2D eigenvalue weighted by Crippen LogP contribution is -2.43. The summed E-state index contributed by atoms with van der Waals surface area (Å²) in [6.45, 7) is 6.47. The molecule has 2 aliphatic rings. The Bertz CT molecular complexity index is 454. The van der Waals surface area contributed by atoms with Crippen LogP contribution in [-0.4, -0.2) is 49.6 Å². The molecule has 0 amide bonds. The number of rotatable bonds is 5. The van der Waals surface area contributed by atoms with Gasteiger partial charge in [0.2, 0.25) is 0 Å². The van der Waals surface area contributed by atoms with Crippen molar-refractivity contribution in [2.75, 3.05) is 39.8 Å². The van der Waals surface area contributed by atoms with Gasteiger partial charge in [-0.3, -0.25) is 4.90 Å². The van der Waals surface area contributed by atoms with Crippen molar-refractivity contribution in [3.05, 3.63) is 28.2 Å². The molecule has 1 saturated heterocycles. The van der Waals surface area contributed by atoms with E-state index in [1.54, 1.807) is 0 Å². The average molecular weight is 339 g/mol. The van der Waals surface area contributed by atoms with Crippen molar-refractivity contribution in [2.24, 2.45) is 5.92 Å². The molecule has 1 aliphatic carbocycles. The van der Waals surface area contributed by atoms with Crippen LogP contribution >= 0.6 is 15.9 Å². The number of benzene rings is 1. The predicted octanol–water partition coefficient (Wildman–Crippen LogP) is 2.99. The Morgan fingerprint density at radius 1 is 1.20 bits per heavy atom. The predicted molar refractivity (Wildman–Crippen MR) is 85.1 cm³/mol. The van der Waals surface area contributed by atoms with Gasteiger partial charge in [-0.05, 0) is 47.8 Å². The van der Waals surface area contributed by atoms with E-state index in [-0.39, 0.29) is 0 Å². The highest BCUT2D eigenvalue weighted by Crippen LogP contribution is 2.34. The van der Waals surface area contributed by atoms with Crippen LogP contribution in [0.4, 0.5) is 0 Å². The zero-order valence-corrected chi connectivity index (χ0v) is 13.7. The zero-order chi connectivity index (χ0) is 13.9. The van der Waals surface area contributed by atoms with Crippen molar-refractivity contribution in [2.45, 2.75) is 19.4 Å². The fraction of sp³-hybridized carbons (Fsp3) is 0.625. The maximum absolute atomic E-state index is 6.07. The van der Waals surface area contributed by atoms with Gasteiger partial charge in [-0.15, -0.1) is 0 Å². The topological polar surface area (TPSA) is 15.7 Å². The molecule has 0 spiro atoms. The Kier molecular flexibility index (Phi) is 4.64. The molecule has 0 N–H and O–H groups in total. The molecule has 0 aromatic heterocycles. The summed E-state index contributed by atoms with van der Waals surface area (Å²) >= 11 is 3.64. The fourth-order valence-corrected chi connectivity index (χ4v) is 3.09. The molecule has 1 aliphatic heterocycles. The van der Waals surface area contributed by atoms with E-state index in [9.17, 15) is 0 Å². The largest absolute Gasteiger partial charge is 0.492 e. The third-order valence-corrected chi connectivity index (χ3v) is 4.82. The number of nitrogens with zero attached hydrogens (tertiary/aromatic N) is 2. The number of piperazine rings is 1. The van der Waals surface area contributed by atoms with E-state index in [1.807, 2.05) is 0 Å². The molecule has 4 heteroatoms. The Labute approximate surface area is 130 Å². The van der Waals surface area contributed by atoms with Gasteiger partial charge in [0.15, 0.2) is 0 Å². The Morgan fingerprint density at radius 2 is 1.95 bits per heavy atom. The Hall–Kier alpha value is -0.580. The minimum absolute atomic E-state index is 0.790. The summed E-state index contributed by atoms with van der Waals surface area (Å²) in [4.78, 5) is 4.91. The molecule has 3 nitrogen and oxygen atoms in total. The summed E-state index contributed by atoms with van der Waals surface area (Å²) in [5.41, 5.74) is 1.31. The van der Waals surface area contributed by atoms with Crippen molar-refractivity contribution >= 4 is 15.9 Å². The zero-order valence-electron chi connectivity index (χ0n) is 12.1. The van der Waals surface area contributed by atoms with Crippen LogP contribution in [0, 0.1) is 5.92 Å². The number of halogens is 1. The first-order valence-corrected chi connectivity index (χ1v) is 8.33. The third kappa shape index (κ3) is 3.74. The lowest BCUT2D eigenvalue weighted by molar-refractivity contribution is 0.146. The van der Waals surface area contributed by atoms with Crippen LogP contribution in [0.2, 0.25) is 0 Å². The lowest BCUT2D eigenvalue weighted by Gasteiger charge is -2.32. The first-order chi connectivity index (χ1) is 9.72. The molecular weight excluding hydrogens is 316 g/mol. The highest BCUT2D eigenvalue weighted by atomic mass is 79.9. The maximum atomic E-state index is 6.07. The van der Waals surface area contributed by atoms with E-state index in [4.69, 9.17) is 4.74 Å². The minimum atomic E-state index is 0.790. The van der Waals surface area contributed by atoms with Crippen molar-refractivity contribution in [1.82, 2.24) is 9.80 Å². The summed E-state index contributed by atoms with van der Waals surface area (Å²) in [5, 5.41) is 0. The molecule has 2 fully saturated rings. The van der Waals surface area contributed by atoms with Crippen LogP contribution in [0.5, 0.6) is 5.75 Å². The average Bonchev–Trinajstić information content (AvgIpc) is 3.25. The van der Waals surface area contributed by atoms with Gasteiger partial charge < -0.3 is 9.64 Å². The molecule has 0 radical (unpaired) electrons. The van der Waals surface area contributed by atoms with Crippen LogP contribution in [0.3, 0.4) is 0 Å². The molecule has 1 saturated carbocycles. The highest BCUT2D eigenvalue weighted by Gasteiger charge is 2.23. The van der Waals surface area contributed by atoms with E-state index in [1.165, 1.54) is 18.4 Å². The first-order valence-electron chi connectivity index (χ1n) is 7.53. The van der Waals surface area contributed by atoms with Gasteiger partial charge in [0.25, 0.3) is 0 Å². The van der Waals surface area contributed by atoms with E-state index >= 15 is 0 Å². The second-order valence-corrected chi connectivity index (χ2v) is 6.92. The summed E-state index contributed by atoms with van der Waals surface area (Å²) in [6, 6.07) is 6.39. The molecule has 110 valence electrons. The maximum Gasteiger partial charge on any atom is 0.137 e. The second-order valence-electron chi connectivity index (χ2n) is 6.06. The molecule has 1 aromatic rings. The van der Waals surface area contributed by atoms with Gasteiger partial charge in [0.05, 0.1) is 11.1 Å². The summed E-state index contributed by atoms with van der Waals surface area (Å²) < 4.78 is 7.16. The van der Waals surface area contributed by atoms with Gasteiger partial charge in [-0.25, -0.2) is 0 Å². The number of ether oxygens (including phenoxy) is 1. The molecule has 0 bridgehead atoms. The van der Waals surface area contributed by atoms with Crippen molar-refractivity contribution in [1.29, 1.82) is 0 Å². The molecule has 1 aromatic carbocycles. The summed E-state index contributed by atoms with van der Waals surface area (Å²) in [6.07, 6.45) is 2.66. The molecule has 3 rings (SSSR count). The quantitative estimate of drug-likeness (QED) is 0.820. The Morgan fingerprint density at radius 3 is 2.65 bits per heavy atom. The van der Waals surface area contributed by atoms with E-state index < -0.39 is 0 Å². The Balaban J connectivity index is 1.66. The third-order valence-electron chi connectivity index (χ3n) is 4.20. The SMILES string of the molecule is CN1CCN(Cc2cccc(Br)c2OCC2CC2)CC1. The van der Waals surface area contributed by atoms with Crippen molar-refractivity contribution in [3.8, 4) is 5.75 Å². The monoisotopic (exact) mass is 338 g/mol. The molecule has 1 heterocycles. The summed E-state index contributed by atoms with van der Waals surface area (Å²) in [5.74, 6) is 1.84. The highest BCUT2D eigenvalue weighted by molar-refractivity contribution is 9.10. The molecule has 0 atom stereocenters. The lowest BCUT2D eigenvalue weighted by atomic mass is 10.1. The van der Waals surface area contributed by atoms with E-state index in [0.717, 1.165) is 55.5 Å². The number of hydrogen-bond acceptors (Lipinski definition) is 3. The van der Waals surface area contributed by atoms with Crippen LogP contribution in [0.1, 0.15) is 18.4 Å². The van der Waals surface area contributed by atoms with Crippen LogP contribution < -0.4 is 4.74 Å². The second kappa shape index (κ2) is 6.46. The van der Waals surface area contributed by atoms with E-state index in [2.05, 4.69) is 51.0 Å². The molecule has 20 heavy (non-hydrogen) atoms. The molecule has 0 unspecified atom stereocenters. The van der Waals surface area contributed by atoms with E-state index in [0.29, 0.717) is 0 Å². The standard InChI is InChI=1S/C16H23BrN2O/c1-18-7-9-19(10-8-18)11-14-3-2-4-15(17)16(14)20-12-13-5-6-13/h2-4,13H,5-12H2,1H3. The van der Waals surface area contributed by atoms with Gasteiger partial charge in [-0.2, -0.15) is 0 Å². The number of hydrogen-bond donors (Lipinski definition) is 0. The smallest absolute Gasteiger partial charge is 0.137 e. The number of para-hydroxylation sites is 1. The normalized spacial score (nSPS) is 21.1. The van der Waals surface area contributed by atoms with Crippen molar-refractivity contribution < 1.29 is 4.74 Å². The molecular formula is C16H23BrN2O. The minimum Gasteiger partial charge on any atom is -0.492 e. The van der Waals surface area contributed by atoms with Crippen molar-refractivity contribution in [3.63, 3.8) is 0 Å². The fourth-order valence-electron chi connectivity index (χ4n) is 2.57. The van der Waals surface area contributed by atoms with Crippen LogP contribution in [-0.2, 0) is 6.54 Å².